The average molecular weight is 256 g/mol. The first-order chi connectivity index (χ1) is 6.68. The van der Waals surface area contributed by atoms with Gasteiger partial charge in [-0.25, -0.2) is 0 Å². The zero-order chi connectivity index (χ0) is 10.1. The number of hydrogen-bond donors (Lipinski definition) is 2. The molecule has 3 heteroatoms. The van der Waals surface area contributed by atoms with E-state index in [4.69, 9.17) is 5.73 Å². The van der Waals surface area contributed by atoms with Crippen molar-refractivity contribution < 1.29 is 5.11 Å². The Morgan fingerprint density at radius 3 is 2.36 bits per heavy atom. The molecule has 0 saturated heterocycles. The SMILES string of the molecule is N[C@H](c1ccc(Br)cc1)[C@@H](O)C1CC1. The maximum Gasteiger partial charge on any atom is 0.0760 e. The topological polar surface area (TPSA) is 46.2 Å². The van der Waals surface area contributed by atoms with E-state index in [0.29, 0.717) is 5.92 Å². The molecule has 76 valence electrons. The summed E-state index contributed by atoms with van der Waals surface area (Å²) in [6, 6.07) is 7.58. The molecule has 1 saturated carbocycles. The number of halogens is 1. The van der Waals surface area contributed by atoms with Crippen molar-refractivity contribution in [1.29, 1.82) is 0 Å². The van der Waals surface area contributed by atoms with Crippen molar-refractivity contribution in [3.63, 3.8) is 0 Å². The lowest BCUT2D eigenvalue weighted by molar-refractivity contribution is 0.122. The zero-order valence-electron chi connectivity index (χ0n) is 7.86. The minimum atomic E-state index is -0.379. The van der Waals surface area contributed by atoms with E-state index < -0.39 is 0 Å². The molecule has 3 N–H and O–H groups in total. The second-order valence-corrected chi connectivity index (χ2v) is 4.82. The molecule has 0 spiro atoms. The highest BCUT2D eigenvalue weighted by atomic mass is 79.9. The van der Waals surface area contributed by atoms with E-state index in [1.54, 1.807) is 0 Å². The van der Waals surface area contributed by atoms with E-state index >= 15 is 0 Å². The molecule has 0 amide bonds. The van der Waals surface area contributed by atoms with Gasteiger partial charge in [-0.1, -0.05) is 28.1 Å². The molecule has 2 nitrogen and oxygen atoms in total. The molecule has 1 fully saturated rings. The molecule has 1 aromatic rings. The van der Waals surface area contributed by atoms with Gasteiger partial charge in [0.15, 0.2) is 0 Å². The van der Waals surface area contributed by atoms with Crippen LogP contribution in [0.1, 0.15) is 24.4 Å². The molecule has 1 aliphatic carbocycles. The van der Waals surface area contributed by atoms with Gasteiger partial charge < -0.3 is 10.8 Å². The monoisotopic (exact) mass is 255 g/mol. The Hall–Kier alpha value is -0.380. The molecule has 1 aromatic carbocycles. The van der Waals surface area contributed by atoms with E-state index in [9.17, 15) is 5.11 Å². The lowest BCUT2D eigenvalue weighted by atomic mass is 9.99. The maximum absolute atomic E-state index is 9.84. The average Bonchev–Trinajstić information content (AvgIpc) is 3.00. The van der Waals surface area contributed by atoms with Crippen molar-refractivity contribution >= 4 is 15.9 Å². The summed E-state index contributed by atoms with van der Waals surface area (Å²) >= 11 is 3.37. The molecule has 0 aromatic heterocycles. The lowest BCUT2D eigenvalue weighted by Crippen LogP contribution is -2.27. The largest absolute Gasteiger partial charge is 0.391 e. The third-order valence-electron chi connectivity index (χ3n) is 2.73. The van der Waals surface area contributed by atoms with Gasteiger partial charge in [0, 0.05) is 4.47 Å². The molecule has 0 bridgehead atoms. The van der Waals surface area contributed by atoms with Crippen LogP contribution in [-0.2, 0) is 0 Å². The Kier molecular flexibility index (Phi) is 2.91. The highest BCUT2D eigenvalue weighted by Crippen LogP contribution is 2.37. The van der Waals surface area contributed by atoms with Crippen LogP contribution in [-0.4, -0.2) is 11.2 Å². The van der Waals surface area contributed by atoms with Crippen LogP contribution in [0.2, 0.25) is 0 Å². The molecule has 0 unspecified atom stereocenters. The fourth-order valence-corrected chi connectivity index (χ4v) is 1.88. The second kappa shape index (κ2) is 4.01. The van der Waals surface area contributed by atoms with Crippen LogP contribution in [0, 0.1) is 5.92 Å². The first-order valence-corrected chi connectivity index (χ1v) is 5.67. The van der Waals surface area contributed by atoms with Crippen molar-refractivity contribution in [2.24, 2.45) is 11.7 Å². The van der Waals surface area contributed by atoms with Gasteiger partial charge in [-0.3, -0.25) is 0 Å². The summed E-state index contributed by atoms with van der Waals surface area (Å²) < 4.78 is 1.04. The summed E-state index contributed by atoms with van der Waals surface area (Å²) in [5.74, 6) is 0.425. The van der Waals surface area contributed by atoms with Crippen molar-refractivity contribution in [2.45, 2.75) is 25.0 Å². The van der Waals surface area contributed by atoms with Crippen LogP contribution in [0.15, 0.2) is 28.7 Å². The molecule has 2 atom stereocenters. The molecular weight excluding hydrogens is 242 g/mol. The van der Waals surface area contributed by atoms with Crippen LogP contribution in [0.3, 0.4) is 0 Å². The van der Waals surface area contributed by atoms with Crippen molar-refractivity contribution in [3.8, 4) is 0 Å². The van der Waals surface area contributed by atoms with Crippen molar-refractivity contribution in [2.75, 3.05) is 0 Å². The molecule has 0 radical (unpaired) electrons. The van der Waals surface area contributed by atoms with E-state index in [1.807, 2.05) is 24.3 Å². The van der Waals surface area contributed by atoms with Crippen LogP contribution >= 0.6 is 15.9 Å². The molecule has 14 heavy (non-hydrogen) atoms. The van der Waals surface area contributed by atoms with Gasteiger partial charge in [0.25, 0.3) is 0 Å². The Bertz CT molecular complexity index is 308. The molecular formula is C11H14BrNO. The summed E-state index contributed by atoms with van der Waals surface area (Å²) in [6.45, 7) is 0. The smallest absolute Gasteiger partial charge is 0.0760 e. The number of nitrogens with two attached hydrogens (primary N) is 1. The van der Waals surface area contributed by atoms with E-state index in [2.05, 4.69) is 15.9 Å². The maximum atomic E-state index is 9.84. The molecule has 0 aliphatic heterocycles. The first kappa shape index (κ1) is 10.1. The number of rotatable bonds is 3. The van der Waals surface area contributed by atoms with Crippen LogP contribution in [0.5, 0.6) is 0 Å². The van der Waals surface area contributed by atoms with Crippen LogP contribution in [0.4, 0.5) is 0 Å². The third kappa shape index (κ3) is 2.16. The predicted octanol–water partition coefficient (Wildman–Crippen LogP) is 2.22. The molecule has 0 heterocycles. The lowest BCUT2D eigenvalue weighted by Gasteiger charge is -2.18. The van der Waals surface area contributed by atoms with Crippen LogP contribution < -0.4 is 5.73 Å². The normalized spacial score (nSPS) is 20.5. The quantitative estimate of drug-likeness (QED) is 0.871. The predicted molar refractivity (Wildman–Crippen MR) is 59.8 cm³/mol. The van der Waals surface area contributed by atoms with Crippen molar-refractivity contribution in [1.82, 2.24) is 0 Å². The number of benzene rings is 1. The van der Waals surface area contributed by atoms with E-state index in [0.717, 1.165) is 22.9 Å². The molecule has 1 aliphatic rings. The number of aliphatic hydroxyl groups excluding tert-OH is 1. The summed E-state index contributed by atoms with van der Waals surface area (Å²) in [6.07, 6.45) is 1.85. The van der Waals surface area contributed by atoms with Gasteiger partial charge in [-0.15, -0.1) is 0 Å². The Labute approximate surface area is 92.3 Å². The first-order valence-electron chi connectivity index (χ1n) is 4.87. The molecule has 2 rings (SSSR count). The minimum absolute atomic E-state index is 0.240. The fourth-order valence-electron chi connectivity index (χ4n) is 1.61. The highest BCUT2D eigenvalue weighted by Gasteiger charge is 2.34. The third-order valence-corrected chi connectivity index (χ3v) is 3.26. The van der Waals surface area contributed by atoms with E-state index in [-0.39, 0.29) is 12.1 Å². The summed E-state index contributed by atoms with van der Waals surface area (Å²) in [5, 5.41) is 9.84. The fraction of sp³-hybridized carbons (Fsp3) is 0.455. The summed E-state index contributed by atoms with van der Waals surface area (Å²) in [5.41, 5.74) is 6.97. The van der Waals surface area contributed by atoms with Gasteiger partial charge in [0.2, 0.25) is 0 Å². The van der Waals surface area contributed by atoms with Crippen molar-refractivity contribution in [3.05, 3.63) is 34.3 Å². The summed E-state index contributed by atoms with van der Waals surface area (Å²) in [4.78, 5) is 0. The summed E-state index contributed by atoms with van der Waals surface area (Å²) in [7, 11) is 0. The Balaban J connectivity index is 2.09. The van der Waals surface area contributed by atoms with Gasteiger partial charge in [-0.05, 0) is 36.5 Å². The van der Waals surface area contributed by atoms with E-state index in [1.165, 1.54) is 0 Å². The Morgan fingerprint density at radius 1 is 1.29 bits per heavy atom. The van der Waals surface area contributed by atoms with Gasteiger partial charge in [0.05, 0.1) is 12.1 Å². The van der Waals surface area contributed by atoms with Gasteiger partial charge >= 0.3 is 0 Å². The minimum Gasteiger partial charge on any atom is -0.391 e. The standard InChI is InChI=1S/C11H14BrNO/c12-9-5-3-7(4-6-9)10(13)11(14)8-1-2-8/h3-6,8,10-11,14H,1-2,13H2/t10-,11+/m1/s1. The van der Waals surface area contributed by atoms with Gasteiger partial charge in [0.1, 0.15) is 0 Å². The second-order valence-electron chi connectivity index (χ2n) is 3.91. The number of aliphatic hydroxyl groups is 1. The van der Waals surface area contributed by atoms with Gasteiger partial charge in [-0.2, -0.15) is 0 Å². The highest BCUT2D eigenvalue weighted by molar-refractivity contribution is 9.10. The Morgan fingerprint density at radius 2 is 1.86 bits per heavy atom. The zero-order valence-corrected chi connectivity index (χ0v) is 9.44. The number of hydrogen-bond acceptors (Lipinski definition) is 2. The van der Waals surface area contributed by atoms with Crippen LogP contribution in [0.25, 0.3) is 0 Å².